The minimum absolute atomic E-state index is 0.0000861. The number of rotatable bonds is 7. The van der Waals surface area contributed by atoms with Crippen LogP contribution >= 0.6 is 0 Å². The van der Waals surface area contributed by atoms with Gasteiger partial charge in [0.25, 0.3) is 0 Å². The van der Waals surface area contributed by atoms with E-state index in [9.17, 15) is 4.79 Å². The zero-order chi connectivity index (χ0) is 24.4. The van der Waals surface area contributed by atoms with Gasteiger partial charge in [-0.1, -0.05) is 38.5 Å². The topological polar surface area (TPSA) is 108 Å². The molecule has 4 saturated carbocycles. The average molecular weight is 486 g/mol. The first-order valence-corrected chi connectivity index (χ1v) is 15.1. The highest BCUT2D eigenvalue weighted by Gasteiger charge is 2.47. The van der Waals surface area contributed by atoms with Crippen molar-refractivity contribution in [2.24, 2.45) is 41.1 Å². The number of nitrogens with one attached hydrogen (secondary N) is 2. The van der Waals surface area contributed by atoms with Gasteiger partial charge >= 0.3 is 0 Å². The third kappa shape index (κ3) is 5.89. The van der Waals surface area contributed by atoms with Crippen molar-refractivity contribution in [2.75, 3.05) is 6.54 Å². The van der Waals surface area contributed by atoms with Gasteiger partial charge in [-0.05, 0) is 101 Å². The smallest absolute Gasteiger partial charge is 0.237 e. The number of hydrogen-bond acceptors (Lipinski definition) is 4. The molecule has 6 N–H and O–H groups in total. The quantitative estimate of drug-likeness (QED) is 0.313. The van der Waals surface area contributed by atoms with E-state index in [1.54, 1.807) is 0 Å². The third-order valence-corrected chi connectivity index (χ3v) is 10.9. The van der Waals surface area contributed by atoms with Crippen LogP contribution in [0.4, 0.5) is 0 Å². The van der Waals surface area contributed by atoms with Crippen LogP contribution in [0.2, 0.25) is 0 Å². The summed E-state index contributed by atoms with van der Waals surface area (Å²) in [5.74, 6) is 4.25. The second-order valence-electron chi connectivity index (χ2n) is 12.9. The molecule has 1 heterocycles. The molecular formula is C29H51N5O. The number of nitrogens with two attached hydrogens (primary N) is 2. The van der Waals surface area contributed by atoms with Gasteiger partial charge in [-0.25, -0.2) is 0 Å². The molecule has 1 aliphatic heterocycles. The third-order valence-electron chi connectivity index (χ3n) is 10.9. The molecule has 5 rings (SSSR count). The molecule has 6 heteroatoms. The molecule has 0 aromatic rings. The summed E-state index contributed by atoms with van der Waals surface area (Å²) < 4.78 is 0. The molecule has 4 aliphatic carbocycles. The summed E-state index contributed by atoms with van der Waals surface area (Å²) in [7, 11) is 0. The van der Waals surface area contributed by atoms with Crippen molar-refractivity contribution >= 4 is 11.7 Å². The molecule has 0 radical (unpaired) electrons. The second-order valence-corrected chi connectivity index (χ2v) is 12.9. The zero-order valence-corrected chi connectivity index (χ0v) is 21.9. The van der Waals surface area contributed by atoms with Crippen LogP contribution in [0, 0.1) is 35.0 Å². The van der Waals surface area contributed by atoms with E-state index in [-0.39, 0.29) is 17.9 Å². The van der Waals surface area contributed by atoms with Crippen LogP contribution < -0.4 is 16.8 Å². The minimum atomic E-state index is 0.0000861. The molecule has 6 nitrogen and oxygen atoms in total. The Balaban J connectivity index is 1.22. The lowest BCUT2D eigenvalue weighted by Gasteiger charge is -2.42. The van der Waals surface area contributed by atoms with E-state index in [0.717, 1.165) is 75.7 Å². The Hall–Kier alpha value is -1.14. The number of nitrogens with zero attached hydrogens (tertiary/aromatic N) is 1. The standard InChI is InChI=1S/C29H51N5O/c30-23-12-14-24(15-13-23)33-29(35)27-17-21-10-11-22(28(31)32)18-26(21)34(27)16-4-8-20-7-3-6-19-5-1-2-9-25(19)20/h19-27H,1-18,30H2,(H3,31,32)(H,33,35). The van der Waals surface area contributed by atoms with Crippen molar-refractivity contribution in [3.63, 3.8) is 0 Å². The first-order chi connectivity index (χ1) is 17.0. The monoisotopic (exact) mass is 485 g/mol. The lowest BCUT2D eigenvalue weighted by Crippen LogP contribution is -2.51. The highest BCUT2D eigenvalue weighted by molar-refractivity contribution is 5.83. The first kappa shape index (κ1) is 25.5. The molecule has 1 saturated heterocycles. The SMILES string of the molecule is N=C(N)C1CCC2CC(C(=O)NC3CCC(N)CC3)N(CCCC3CCCC4CCCCC43)C2C1. The number of carbonyl (C=O) groups excluding carboxylic acids is 1. The summed E-state index contributed by atoms with van der Waals surface area (Å²) >= 11 is 0. The Morgan fingerprint density at radius 1 is 0.886 bits per heavy atom. The van der Waals surface area contributed by atoms with E-state index in [1.807, 2.05) is 0 Å². The van der Waals surface area contributed by atoms with E-state index in [2.05, 4.69) is 10.2 Å². The van der Waals surface area contributed by atoms with Crippen LogP contribution in [-0.4, -0.2) is 47.4 Å². The molecule has 198 valence electrons. The predicted molar refractivity (Wildman–Crippen MR) is 142 cm³/mol. The van der Waals surface area contributed by atoms with Crippen LogP contribution in [-0.2, 0) is 4.79 Å². The maximum Gasteiger partial charge on any atom is 0.237 e. The molecule has 35 heavy (non-hydrogen) atoms. The molecular weight excluding hydrogens is 434 g/mol. The number of carbonyl (C=O) groups is 1. The first-order valence-electron chi connectivity index (χ1n) is 15.1. The molecule has 0 bridgehead atoms. The number of amidine groups is 1. The van der Waals surface area contributed by atoms with Crippen LogP contribution in [0.15, 0.2) is 0 Å². The van der Waals surface area contributed by atoms with Crippen molar-refractivity contribution in [2.45, 2.75) is 133 Å². The fourth-order valence-electron chi connectivity index (χ4n) is 8.93. The maximum atomic E-state index is 13.6. The predicted octanol–water partition coefficient (Wildman–Crippen LogP) is 4.55. The molecule has 7 atom stereocenters. The number of fused-ring (bicyclic) bond motifs is 2. The Kier molecular flexibility index (Phi) is 8.38. The van der Waals surface area contributed by atoms with Gasteiger partial charge in [0.05, 0.1) is 11.9 Å². The van der Waals surface area contributed by atoms with Crippen molar-refractivity contribution in [1.82, 2.24) is 10.2 Å². The van der Waals surface area contributed by atoms with E-state index in [0.29, 0.717) is 29.9 Å². The molecule has 0 aromatic carbocycles. The highest BCUT2D eigenvalue weighted by Crippen LogP contribution is 2.46. The Bertz CT molecular complexity index is 733. The van der Waals surface area contributed by atoms with Gasteiger partial charge in [0.1, 0.15) is 0 Å². The van der Waals surface area contributed by atoms with Gasteiger partial charge < -0.3 is 16.8 Å². The highest BCUT2D eigenvalue weighted by atomic mass is 16.2. The van der Waals surface area contributed by atoms with Crippen molar-refractivity contribution in [3.8, 4) is 0 Å². The number of amides is 1. The summed E-state index contributed by atoms with van der Waals surface area (Å²) in [5.41, 5.74) is 12.1. The van der Waals surface area contributed by atoms with Crippen LogP contribution in [0.5, 0.6) is 0 Å². The van der Waals surface area contributed by atoms with E-state index in [4.69, 9.17) is 16.9 Å². The Labute approximate surface area is 213 Å². The zero-order valence-electron chi connectivity index (χ0n) is 21.9. The normalized spacial score (nSPS) is 42.1. The van der Waals surface area contributed by atoms with Gasteiger partial charge in [0.15, 0.2) is 0 Å². The van der Waals surface area contributed by atoms with Crippen molar-refractivity contribution in [1.29, 1.82) is 5.41 Å². The fraction of sp³-hybridized carbons (Fsp3) is 0.931. The summed E-state index contributed by atoms with van der Waals surface area (Å²) in [6.07, 6.45) is 20.8. The lowest BCUT2D eigenvalue weighted by atomic mass is 9.64. The molecule has 7 unspecified atom stereocenters. The molecule has 1 amide bonds. The summed E-state index contributed by atoms with van der Waals surface area (Å²) in [4.78, 5) is 16.1. The molecule has 5 fully saturated rings. The van der Waals surface area contributed by atoms with E-state index >= 15 is 0 Å². The minimum Gasteiger partial charge on any atom is -0.387 e. The van der Waals surface area contributed by atoms with Crippen molar-refractivity contribution in [3.05, 3.63) is 0 Å². The van der Waals surface area contributed by atoms with E-state index < -0.39 is 0 Å². The van der Waals surface area contributed by atoms with Gasteiger partial charge in [0.2, 0.25) is 5.91 Å². The number of likely N-dealkylation sites (tertiary alicyclic amines) is 1. The van der Waals surface area contributed by atoms with Gasteiger partial charge in [0, 0.05) is 24.0 Å². The fourth-order valence-corrected chi connectivity index (χ4v) is 8.93. The summed E-state index contributed by atoms with van der Waals surface area (Å²) in [5, 5.41) is 11.5. The van der Waals surface area contributed by atoms with Crippen LogP contribution in [0.25, 0.3) is 0 Å². The average Bonchev–Trinajstić information content (AvgIpc) is 3.23. The van der Waals surface area contributed by atoms with Gasteiger partial charge in [-0.3, -0.25) is 15.1 Å². The number of hydrogen-bond donors (Lipinski definition) is 4. The second kappa shape index (κ2) is 11.5. The largest absolute Gasteiger partial charge is 0.387 e. The summed E-state index contributed by atoms with van der Waals surface area (Å²) in [6, 6.07) is 1.02. The van der Waals surface area contributed by atoms with Crippen molar-refractivity contribution < 1.29 is 4.79 Å². The maximum absolute atomic E-state index is 13.6. The van der Waals surface area contributed by atoms with E-state index in [1.165, 1.54) is 57.8 Å². The Morgan fingerprint density at radius 2 is 1.66 bits per heavy atom. The van der Waals surface area contributed by atoms with Gasteiger partial charge in [-0.15, -0.1) is 0 Å². The molecule has 5 aliphatic rings. The molecule has 0 aromatic heterocycles. The molecule has 0 spiro atoms. The van der Waals surface area contributed by atoms with Gasteiger partial charge in [-0.2, -0.15) is 0 Å². The lowest BCUT2D eigenvalue weighted by molar-refractivity contribution is -0.127. The Morgan fingerprint density at radius 3 is 2.46 bits per heavy atom. The summed E-state index contributed by atoms with van der Waals surface area (Å²) in [6.45, 7) is 1.04. The van der Waals surface area contributed by atoms with Crippen LogP contribution in [0.3, 0.4) is 0 Å². The van der Waals surface area contributed by atoms with Crippen LogP contribution in [0.1, 0.15) is 109 Å².